The Balaban J connectivity index is 4.69. The van der Waals surface area contributed by atoms with Gasteiger partial charge in [-0.25, -0.2) is 0 Å². The van der Waals surface area contributed by atoms with E-state index < -0.39 is 8.80 Å². The van der Waals surface area contributed by atoms with E-state index in [-0.39, 0.29) is 6.10 Å². The number of hydrogen-bond donors (Lipinski definition) is 1. The molecule has 0 bridgehead atoms. The van der Waals surface area contributed by atoms with E-state index in [2.05, 4.69) is 27.7 Å². The molecule has 0 saturated heterocycles. The molecule has 0 heterocycles. The second kappa shape index (κ2) is 8.21. The van der Waals surface area contributed by atoms with Gasteiger partial charge in [-0.3, -0.25) is 0 Å². The van der Waals surface area contributed by atoms with Gasteiger partial charge in [-0.05, 0) is 24.8 Å². The van der Waals surface area contributed by atoms with Crippen molar-refractivity contribution in [1.29, 1.82) is 0 Å². The van der Waals surface area contributed by atoms with E-state index >= 15 is 0 Å². The summed E-state index contributed by atoms with van der Waals surface area (Å²) in [4.78, 5) is 0. The highest BCUT2D eigenvalue weighted by atomic mass is 28.4. The van der Waals surface area contributed by atoms with Crippen LogP contribution in [0.25, 0.3) is 0 Å². The number of nitrogens with two attached hydrogens (primary N) is 1. The monoisotopic (exact) mass is 263 g/mol. The topological polar surface area (TPSA) is 53.7 Å². The van der Waals surface area contributed by atoms with Crippen LogP contribution in [-0.2, 0) is 13.3 Å². The SMILES string of the molecule is CO[Si](CCCN)(OC)OC(C(C)C)C(C)C. The lowest BCUT2D eigenvalue weighted by molar-refractivity contribution is 0.0106. The van der Waals surface area contributed by atoms with Crippen molar-refractivity contribution < 1.29 is 13.3 Å². The van der Waals surface area contributed by atoms with Crippen molar-refractivity contribution in [3.8, 4) is 0 Å². The van der Waals surface area contributed by atoms with Gasteiger partial charge in [-0.15, -0.1) is 0 Å². The molecule has 17 heavy (non-hydrogen) atoms. The van der Waals surface area contributed by atoms with E-state index in [1.54, 1.807) is 14.2 Å². The molecule has 0 aromatic carbocycles. The fraction of sp³-hybridized carbons (Fsp3) is 1.00. The molecule has 0 aromatic rings. The van der Waals surface area contributed by atoms with Gasteiger partial charge in [0.15, 0.2) is 0 Å². The van der Waals surface area contributed by atoms with Crippen molar-refractivity contribution >= 4 is 8.80 Å². The molecular formula is C12H29NO3Si. The first-order valence-electron chi connectivity index (χ1n) is 6.40. The molecule has 0 aliphatic rings. The molecule has 5 heteroatoms. The average Bonchev–Trinajstić information content (AvgIpc) is 2.29. The molecule has 0 saturated carbocycles. The van der Waals surface area contributed by atoms with Crippen molar-refractivity contribution in [2.24, 2.45) is 17.6 Å². The zero-order chi connectivity index (χ0) is 13.5. The standard InChI is InChI=1S/C12H29NO3Si/c1-10(2)12(11(3)4)16-17(14-5,15-6)9-7-8-13/h10-12H,7-9,13H2,1-6H3. The predicted octanol–water partition coefficient (Wildman–Crippen LogP) is 2.26. The van der Waals surface area contributed by atoms with Gasteiger partial charge >= 0.3 is 8.80 Å². The van der Waals surface area contributed by atoms with Crippen LogP contribution in [0, 0.1) is 11.8 Å². The maximum atomic E-state index is 6.20. The Kier molecular flexibility index (Phi) is 8.24. The highest BCUT2D eigenvalue weighted by Gasteiger charge is 2.42. The molecule has 4 nitrogen and oxygen atoms in total. The lowest BCUT2D eigenvalue weighted by atomic mass is 9.97. The summed E-state index contributed by atoms with van der Waals surface area (Å²) in [5, 5.41) is 0. The van der Waals surface area contributed by atoms with Gasteiger partial charge in [0, 0.05) is 20.3 Å². The van der Waals surface area contributed by atoms with Crippen LogP contribution in [-0.4, -0.2) is 35.7 Å². The molecule has 0 atom stereocenters. The number of rotatable bonds is 9. The summed E-state index contributed by atoms with van der Waals surface area (Å²) >= 11 is 0. The predicted molar refractivity (Wildman–Crippen MR) is 72.8 cm³/mol. The van der Waals surface area contributed by atoms with Crippen LogP contribution in [0.2, 0.25) is 6.04 Å². The Bertz CT molecular complexity index is 188. The maximum Gasteiger partial charge on any atom is 0.500 e. The second-order valence-corrected chi connectivity index (χ2v) is 7.97. The minimum atomic E-state index is -2.53. The van der Waals surface area contributed by atoms with Crippen LogP contribution < -0.4 is 5.73 Å². The second-order valence-electron chi connectivity index (χ2n) is 5.05. The van der Waals surface area contributed by atoms with Crippen LogP contribution in [0.1, 0.15) is 34.1 Å². The Morgan fingerprint density at radius 3 is 1.76 bits per heavy atom. The molecule has 104 valence electrons. The van der Waals surface area contributed by atoms with Crippen molar-refractivity contribution in [2.75, 3.05) is 20.8 Å². The van der Waals surface area contributed by atoms with E-state index in [4.69, 9.17) is 19.0 Å². The third-order valence-electron chi connectivity index (χ3n) is 2.94. The van der Waals surface area contributed by atoms with Gasteiger partial charge in [0.25, 0.3) is 0 Å². The third kappa shape index (κ3) is 5.48. The van der Waals surface area contributed by atoms with Crippen molar-refractivity contribution in [3.05, 3.63) is 0 Å². The average molecular weight is 263 g/mol. The summed E-state index contributed by atoms with van der Waals surface area (Å²) in [6.45, 7) is 9.30. The van der Waals surface area contributed by atoms with Crippen molar-refractivity contribution in [1.82, 2.24) is 0 Å². The lowest BCUT2D eigenvalue weighted by Gasteiger charge is -2.35. The first-order chi connectivity index (χ1) is 7.92. The molecule has 0 rings (SSSR count). The molecule has 0 fully saturated rings. The largest absolute Gasteiger partial charge is 0.500 e. The van der Waals surface area contributed by atoms with Gasteiger partial charge in [0.05, 0.1) is 6.10 Å². The molecule has 0 radical (unpaired) electrons. The molecule has 0 aromatic heterocycles. The highest BCUT2D eigenvalue weighted by Crippen LogP contribution is 2.25. The summed E-state index contributed by atoms with van der Waals surface area (Å²) in [6.07, 6.45) is 1.04. The fourth-order valence-corrected chi connectivity index (χ4v) is 4.49. The zero-order valence-electron chi connectivity index (χ0n) is 12.2. The molecule has 0 unspecified atom stereocenters. The van der Waals surface area contributed by atoms with Crippen LogP contribution in [0.3, 0.4) is 0 Å². The summed E-state index contributed by atoms with van der Waals surface area (Å²) in [6, 6.07) is 0.784. The van der Waals surface area contributed by atoms with Crippen molar-refractivity contribution in [3.63, 3.8) is 0 Å². The molecule has 0 spiro atoms. The first kappa shape index (κ1) is 17.1. The minimum Gasteiger partial charge on any atom is -0.377 e. The first-order valence-corrected chi connectivity index (χ1v) is 8.33. The van der Waals surface area contributed by atoms with E-state index in [1.807, 2.05) is 0 Å². The fourth-order valence-electron chi connectivity index (χ4n) is 2.01. The lowest BCUT2D eigenvalue weighted by Crippen LogP contribution is -2.49. The Hall–Kier alpha value is 0.0569. The summed E-state index contributed by atoms with van der Waals surface area (Å²) < 4.78 is 17.3. The Labute approximate surface area is 107 Å². The Morgan fingerprint density at radius 1 is 1.00 bits per heavy atom. The molecule has 2 N–H and O–H groups in total. The van der Waals surface area contributed by atoms with Crippen LogP contribution in [0.15, 0.2) is 0 Å². The summed E-state index contributed by atoms with van der Waals surface area (Å²) in [7, 11) is 0.808. The van der Waals surface area contributed by atoms with Crippen molar-refractivity contribution in [2.45, 2.75) is 46.3 Å². The minimum absolute atomic E-state index is 0.166. The zero-order valence-corrected chi connectivity index (χ0v) is 13.2. The molecule has 0 amide bonds. The molecule has 0 aliphatic heterocycles. The summed E-state index contributed by atoms with van der Waals surface area (Å²) in [5.41, 5.74) is 5.55. The smallest absolute Gasteiger partial charge is 0.377 e. The normalized spacial score (nSPS) is 13.1. The molecular weight excluding hydrogens is 234 g/mol. The third-order valence-corrected chi connectivity index (χ3v) is 5.78. The van der Waals surface area contributed by atoms with Crippen LogP contribution in [0.5, 0.6) is 0 Å². The van der Waals surface area contributed by atoms with E-state index in [1.165, 1.54) is 0 Å². The highest BCUT2D eigenvalue weighted by molar-refractivity contribution is 6.60. The van der Waals surface area contributed by atoms with Gasteiger partial charge in [0.1, 0.15) is 0 Å². The quantitative estimate of drug-likeness (QED) is 0.648. The summed E-state index contributed by atoms with van der Waals surface area (Å²) in [5.74, 6) is 0.898. The number of hydrogen-bond acceptors (Lipinski definition) is 4. The van der Waals surface area contributed by atoms with Gasteiger partial charge in [-0.2, -0.15) is 0 Å². The maximum absolute atomic E-state index is 6.20. The van der Waals surface area contributed by atoms with E-state index in [9.17, 15) is 0 Å². The van der Waals surface area contributed by atoms with Gasteiger partial charge in [-0.1, -0.05) is 27.7 Å². The van der Waals surface area contributed by atoms with Gasteiger partial charge < -0.3 is 19.0 Å². The molecule has 0 aliphatic carbocycles. The van der Waals surface area contributed by atoms with Crippen LogP contribution >= 0.6 is 0 Å². The van der Waals surface area contributed by atoms with E-state index in [0.717, 1.165) is 12.5 Å². The van der Waals surface area contributed by atoms with Gasteiger partial charge in [0.2, 0.25) is 0 Å². The Morgan fingerprint density at radius 2 is 1.47 bits per heavy atom. The van der Waals surface area contributed by atoms with Crippen LogP contribution in [0.4, 0.5) is 0 Å². The van der Waals surface area contributed by atoms with E-state index in [0.29, 0.717) is 18.4 Å².